The molecule has 1 N–H and O–H groups in total. The second-order valence-corrected chi connectivity index (χ2v) is 8.45. The van der Waals surface area contributed by atoms with Gasteiger partial charge in [-0.2, -0.15) is 0 Å². The van der Waals surface area contributed by atoms with Crippen LogP contribution >= 0.6 is 0 Å². The number of ether oxygens (including phenoxy) is 1. The fourth-order valence-electron chi connectivity index (χ4n) is 4.38. The number of phenolic OH excluding ortho intramolecular Hbond substituents is 1. The Morgan fingerprint density at radius 2 is 1.64 bits per heavy atom. The topological polar surface area (TPSA) is 80.0 Å². The standard InChI is InChI=1S/C27H23NO5/c1-14-5-8-18(9-6-14)28-24(17-7-10-20(29)22(13-17)32-4)23-25(30)19-11-15(2)16(3)12-21(19)33-26(23)27(28)31/h5-13,24,29H,1-4H3. The fraction of sp³-hybridized carbons (Fsp3) is 0.185. The van der Waals surface area contributed by atoms with Gasteiger partial charge in [-0.25, -0.2) is 0 Å². The predicted octanol–water partition coefficient (Wildman–Crippen LogP) is 5.18. The van der Waals surface area contributed by atoms with Gasteiger partial charge in [0.1, 0.15) is 5.58 Å². The molecule has 0 radical (unpaired) electrons. The number of aryl methyl sites for hydroxylation is 3. The molecule has 1 atom stereocenters. The number of carbonyl (C=O) groups excluding carboxylic acids is 1. The summed E-state index contributed by atoms with van der Waals surface area (Å²) in [6, 6.07) is 15.2. The van der Waals surface area contributed by atoms with Gasteiger partial charge >= 0.3 is 0 Å². The van der Waals surface area contributed by atoms with Gasteiger partial charge in [-0.05, 0) is 73.9 Å². The molecule has 0 saturated carbocycles. The van der Waals surface area contributed by atoms with Crippen molar-refractivity contribution in [3.05, 3.63) is 98.4 Å². The van der Waals surface area contributed by atoms with Crippen molar-refractivity contribution in [1.29, 1.82) is 0 Å². The van der Waals surface area contributed by atoms with Crippen molar-refractivity contribution in [2.24, 2.45) is 0 Å². The Morgan fingerprint density at radius 1 is 0.939 bits per heavy atom. The average Bonchev–Trinajstić information content (AvgIpc) is 3.09. The van der Waals surface area contributed by atoms with E-state index in [9.17, 15) is 14.7 Å². The molecule has 0 bridgehead atoms. The van der Waals surface area contributed by atoms with Crippen LogP contribution in [-0.4, -0.2) is 18.1 Å². The number of hydrogen-bond acceptors (Lipinski definition) is 5. The molecule has 6 heteroatoms. The lowest BCUT2D eigenvalue weighted by molar-refractivity contribution is 0.0971. The number of fused-ring (bicyclic) bond motifs is 2. The Kier molecular flexibility index (Phi) is 4.74. The molecule has 0 spiro atoms. The van der Waals surface area contributed by atoms with Crippen LogP contribution < -0.4 is 15.1 Å². The molecule has 0 aliphatic carbocycles. The van der Waals surface area contributed by atoms with E-state index in [0.717, 1.165) is 16.7 Å². The zero-order chi connectivity index (χ0) is 23.4. The maximum Gasteiger partial charge on any atom is 0.295 e. The van der Waals surface area contributed by atoms with Gasteiger partial charge in [0.05, 0.1) is 24.1 Å². The normalized spacial score (nSPS) is 15.2. The Bertz CT molecular complexity index is 1480. The van der Waals surface area contributed by atoms with Crippen LogP contribution in [0, 0.1) is 20.8 Å². The number of amides is 1. The molecule has 1 amide bonds. The third-order valence-electron chi connectivity index (χ3n) is 6.32. The summed E-state index contributed by atoms with van der Waals surface area (Å²) in [4.78, 5) is 29.0. The smallest absolute Gasteiger partial charge is 0.295 e. The highest BCUT2D eigenvalue weighted by molar-refractivity contribution is 6.10. The summed E-state index contributed by atoms with van der Waals surface area (Å²) in [6.45, 7) is 5.84. The SMILES string of the molecule is COc1cc(C2c3c(oc4cc(C)c(C)cc4c3=O)C(=O)N2c2ccc(C)cc2)ccc1O. The lowest BCUT2D eigenvalue weighted by atomic mass is 9.97. The van der Waals surface area contributed by atoms with E-state index < -0.39 is 6.04 Å². The first-order chi connectivity index (χ1) is 15.8. The average molecular weight is 441 g/mol. The number of carbonyl (C=O) groups is 1. The van der Waals surface area contributed by atoms with Crippen molar-refractivity contribution in [2.45, 2.75) is 26.8 Å². The van der Waals surface area contributed by atoms with E-state index in [4.69, 9.17) is 9.15 Å². The van der Waals surface area contributed by atoms with E-state index in [1.54, 1.807) is 23.1 Å². The second-order valence-electron chi connectivity index (χ2n) is 8.45. The molecule has 6 nitrogen and oxygen atoms in total. The number of methoxy groups -OCH3 is 1. The third-order valence-corrected chi connectivity index (χ3v) is 6.32. The molecule has 2 heterocycles. The van der Waals surface area contributed by atoms with Gasteiger partial charge in [0.2, 0.25) is 5.76 Å². The molecule has 166 valence electrons. The molecule has 1 aliphatic heterocycles. The first-order valence-corrected chi connectivity index (χ1v) is 10.6. The molecule has 1 aliphatic rings. The highest BCUT2D eigenvalue weighted by atomic mass is 16.5. The molecule has 4 aromatic rings. The molecular formula is C27H23NO5. The van der Waals surface area contributed by atoms with Crippen molar-refractivity contribution in [3.8, 4) is 11.5 Å². The molecule has 1 unspecified atom stereocenters. The number of aromatic hydroxyl groups is 1. The summed E-state index contributed by atoms with van der Waals surface area (Å²) in [5.74, 6) is -0.116. The maximum absolute atomic E-state index is 13.7. The zero-order valence-corrected chi connectivity index (χ0v) is 18.8. The molecule has 0 saturated heterocycles. The molecular weight excluding hydrogens is 418 g/mol. The Labute approximate surface area is 190 Å². The van der Waals surface area contributed by atoms with E-state index in [2.05, 4.69) is 0 Å². The van der Waals surface area contributed by atoms with Crippen molar-refractivity contribution in [3.63, 3.8) is 0 Å². The van der Waals surface area contributed by atoms with Gasteiger partial charge < -0.3 is 14.3 Å². The van der Waals surface area contributed by atoms with Crippen LogP contribution in [0.5, 0.6) is 11.5 Å². The number of benzene rings is 3. The van der Waals surface area contributed by atoms with Gasteiger partial charge in [0.25, 0.3) is 5.91 Å². The van der Waals surface area contributed by atoms with Crippen LogP contribution in [0.4, 0.5) is 5.69 Å². The minimum atomic E-state index is -0.730. The maximum atomic E-state index is 13.7. The minimum Gasteiger partial charge on any atom is -0.504 e. The fourth-order valence-corrected chi connectivity index (χ4v) is 4.38. The molecule has 3 aromatic carbocycles. The number of phenols is 1. The highest BCUT2D eigenvalue weighted by Crippen LogP contribution is 2.43. The van der Waals surface area contributed by atoms with Gasteiger partial charge in [0, 0.05) is 5.69 Å². The van der Waals surface area contributed by atoms with E-state index in [-0.39, 0.29) is 34.2 Å². The first-order valence-electron chi connectivity index (χ1n) is 10.6. The number of nitrogens with zero attached hydrogens (tertiary/aromatic N) is 1. The van der Waals surface area contributed by atoms with Crippen LogP contribution in [0.25, 0.3) is 11.0 Å². The third kappa shape index (κ3) is 3.18. The monoisotopic (exact) mass is 441 g/mol. The zero-order valence-electron chi connectivity index (χ0n) is 18.8. The quantitative estimate of drug-likeness (QED) is 0.474. The Morgan fingerprint density at radius 3 is 2.33 bits per heavy atom. The van der Waals surface area contributed by atoms with Gasteiger partial charge in [0.15, 0.2) is 16.9 Å². The summed E-state index contributed by atoms with van der Waals surface area (Å²) in [5.41, 5.74) is 4.71. The van der Waals surface area contributed by atoms with Crippen molar-refractivity contribution in [1.82, 2.24) is 0 Å². The van der Waals surface area contributed by atoms with Gasteiger partial charge in [-0.1, -0.05) is 23.8 Å². The second kappa shape index (κ2) is 7.52. The molecule has 5 rings (SSSR count). The highest BCUT2D eigenvalue weighted by Gasteiger charge is 2.44. The van der Waals surface area contributed by atoms with E-state index in [1.807, 2.05) is 51.1 Å². The van der Waals surface area contributed by atoms with Crippen LogP contribution in [0.1, 0.15) is 44.4 Å². The van der Waals surface area contributed by atoms with Crippen LogP contribution in [0.3, 0.4) is 0 Å². The van der Waals surface area contributed by atoms with E-state index in [0.29, 0.717) is 22.2 Å². The molecule has 1 aromatic heterocycles. The summed E-state index contributed by atoms with van der Waals surface area (Å²) in [6.07, 6.45) is 0. The predicted molar refractivity (Wildman–Crippen MR) is 126 cm³/mol. The number of rotatable bonds is 3. The summed E-state index contributed by atoms with van der Waals surface area (Å²) < 4.78 is 11.4. The first kappa shape index (κ1) is 20.8. The summed E-state index contributed by atoms with van der Waals surface area (Å²) in [7, 11) is 1.46. The summed E-state index contributed by atoms with van der Waals surface area (Å²) in [5, 5.41) is 10.5. The number of anilines is 1. The molecule has 0 fully saturated rings. The lowest BCUT2D eigenvalue weighted by Crippen LogP contribution is -2.29. The van der Waals surface area contributed by atoms with Gasteiger partial charge in [-0.3, -0.25) is 14.5 Å². The largest absolute Gasteiger partial charge is 0.504 e. The Hall–Kier alpha value is -4.06. The van der Waals surface area contributed by atoms with Crippen molar-refractivity contribution in [2.75, 3.05) is 12.0 Å². The minimum absolute atomic E-state index is 0.0238. The Balaban J connectivity index is 1.83. The van der Waals surface area contributed by atoms with Crippen LogP contribution in [0.2, 0.25) is 0 Å². The summed E-state index contributed by atoms with van der Waals surface area (Å²) >= 11 is 0. The molecule has 33 heavy (non-hydrogen) atoms. The van der Waals surface area contributed by atoms with E-state index in [1.165, 1.54) is 13.2 Å². The van der Waals surface area contributed by atoms with Crippen molar-refractivity contribution < 1.29 is 19.1 Å². The van der Waals surface area contributed by atoms with Crippen LogP contribution in [-0.2, 0) is 0 Å². The van der Waals surface area contributed by atoms with Gasteiger partial charge in [-0.15, -0.1) is 0 Å². The lowest BCUT2D eigenvalue weighted by Gasteiger charge is -2.25. The number of hydrogen-bond donors (Lipinski definition) is 1. The van der Waals surface area contributed by atoms with Crippen LogP contribution in [0.15, 0.2) is 63.8 Å². The van der Waals surface area contributed by atoms with E-state index >= 15 is 0 Å². The van der Waals surface area contributed by atoms with Crippen molar-refractivity contribution >= 4 is 22.6 Å².